The van der Waals surface area contributed by atoms with Crippen LogP contribution in [0.15, 0.2) is 23.1 Å². The third-order valence-corrected chi connectivity index (χ3v) is 8.80. The highest BCUT2D eigenvalue weighted by Gasteiger charge is 2.50. The fourth-order valence-electron chi connectivity index (χ4n) is 5.71. The monoisotopic (exact) mass is 451 g/mol. The van der Waals surface area contributed by atoms with Crippen molar-refractivity contribution in [2.75, 3.05) is 5.32 Å². The van der Waals surface area contributed by atoms with Gasteiger partial charge in [-0.3, -0.25) is 4.79 Å². The highest BCUT2D eigenvalue weighted by Crippen LogP contribution is 2.37. The molecule has 0 bridgehead atoms. The van der Waals surface area contributed by atoms with Crippen LogP contribution < -0.4 is 15.4 Å². The third-order valence-electron chi connectivity index (χ3n) is 7.25. The van der Waals surface area contributed by atoms with E-state index in [1.54, 1.807) is 0 Å². The number of benzene rings is 1. The maximum absolute atomic E-state index is 14.8. The van der Waals surface area contributed by atoms with Crippen molar-refractivity contribution < 1.29 is 17.6 Å². The molecule has 1 amide bonds. The highest BCUT2D eigenvalue weighted by atomic mass is 32.2. The molecule has 2 aliphatic carbocycles. The number of amides is 1. The van der Waals surface area contributed by atoms with E-state index < -0.39 is 21.4 Å². The van der Waals surface area contributed by atoms with Crippen LogP contribution in [-0.4, -0.2) is 31.9 Å². The second-order valence-electron chi connectivity index (χ2n) is 9.73. The molecule has 0 radical (unpaired) electrons. The minimum absolute atomic E-state index is 0.103. The van der Waals surface area contributed by atoms with Gasteiger partial charge in [-0.2, -0.15) is 0 Å². The van der Waals surface area contributed by atoms with Crippen molar-refractivity contribution in [3.8, 4) is 0 Å². The molecule has 4 rings (SSSR count). The van der Waals surface area contributed by atoms with Crippen molar-refractivity contribution in [1.29, 1.82) is 0 Å². The van der Waals surface area contributed by atoms with E-state index in [1.807, 2.05) is 6.92 Å². The molecule has 6 nitrogen and oxygen atoms in total. The molecule has 1 aromatic rings. The van der Waals surface area contributed by atoms with Crippen LogP contribution >= 0.6 is 0 Å². The zero-order chi connectivity index (χ0) is 22.1. The summed E-state index contributed by atoms with van der Waals surface area (Å²) >= 11 is 0. The maximum atomic E-state index is 14.8. The van der Waals surface area contributed by atoms with Gasteiger partial charge in [0.1, 0.15) is 5.82 Å². The van der Waals surface area contributed by atoms with Gasteiger partial charge in [-0.1, -0.05) is 44.9 Å². The van der Waals surface area contributed by atoms with Gasteiger partial charge >= 0.3 is 0 Å². The summed E-state index contributed by atoms with van der Waals surface area (Å²) in [5.74, 6) is -0.0300. The summed E-state index contributed by atoms with van der Waals surface area (Å²) < 4.78 is 43.7. The van der Waals surface area contributed by atoms with Gasteiger partial charge in [-0.15, -0.1) is 0 Å². The molecule has 0 spiro atoms. The Labute approximate surface area is 184 Å². The summed E-state index contributed by atoms with van der Waals surface area (Å²) in [6.45, 7) is 2.05. The molecule has 8 heteroatoms. The van der Waals surface area contributed by atoms with Crippen LogP contribution in [0, 0.1) is 11.7 Å². The molecule has 1 aliphatic heterocycles. The zero-order valence-corrected chi connectivity index (χ0v) is 19.1. The molecule has 3 aliphatic rings. The topological polar surface area (TPSA) is 87.3 Å². The van der Waals surface area contributed by atoms with Gasteiger partial charge in [0, 0.05) is 18.5 Å². The number of halogens is 1. The summed E-state index contributed by atoms with van der Waals surface area (Å²) in [6, 6.07) is 3.96. The Morgan fingerprint density at radius 2 is 1.90 bits per heavy atom. The Morgan fingerprint density at radius 3 is 2.65 bits per heavy atom. The quantitative estimate of drug-likeness (QED) is 0.583. The molecule has 1 saturated heterocycles. The van der Waals surface area contributed by atoms with Crippen molar-refractivity contribution in [3.05, 3.63) is 24.0 Å². The third kappa shape index (κ3) is 5.06. The van der Waals surface area contributed by atoms with Crippen LogP contribution in [0.5, 0.6) is 0 Å². The first kappa shape index (κ1) is 22.5. The predicted molar refractivity (Wildman–Crippen MR) is 119 cm³/mol. The number of sulfonamides is 1. The first-order chi connectivity index (χ1) is 14.8. The van der Waals surface area contributed by atoms with E-state index in [4.69, 9.17) is 0 Å². The van der Waals surface area contributed by atoms with Crippen LogP contribution in [0.4, 0.5) is 10.1 Å². The SMILES string of the molecule is CC(CC1CCCCC1)Nc1ccc(S(=O)(=O)N[C@@]23CCCC[C@@H]2NC(=O)C3)cc1F. The van der Waals surface area contributed by atoms with E-state index >= 15 is 0 Å². The van der Waals surface area contributed by atoms with Crippen LogP contribution in [0.25, 0.3) is 0 Å². The van der Waals surface area contributed by atoms with Crippen LogP contribution in [0.1, 0.15) is 77.6 Å². The van der Waals surface area contributed by atoms with Crippen molar-refractivity contribution in [1.82, 2.24) is 10.0 Å². The lowest BCUT2D eigenvalue weighted by atomic mass is 9.79. The van der Waals surface area contributed by atoms with Gasteiger partial charge in [0.25, 0.3) is 0 Å². The fraction of sp³-hybridized carbons (Fsp3) is 0.696. The lowest BCUT2D eigenvalue weighted by Crippen LogP contribution is -2.57. The molecule has 1 unspecified atom stereocenters. The first-order valence-electron chi connectivity index (χ1n) is 11.7. The standard InChI is InChI=1S/C23H34FN3O3S/c1-16(13-17-7-3-2-4-8-17)25-20-11-10-18(14-19(20)24)31(29,30)27-23-12-6-5-9-21(23)26-22(28)15-23/h10-11,14,16-17,21,25,27H,2-9,12-13,15H2,1H3,(H,26,28)/t16?,21-,23+/m0/s1. The van der Waals surface area contributed by atoms with E-state index in [1.165, 1.54) is 44.2 Å². The molecule has 3 N–H and O–H groups in total. The lowest BCUT2D eigenvalue weighted by Gasteiger charge is -2.38. The second-order valence-corrected chi connectivity index (χ2v) is 11.4. The summed E-state index contributed by atoms with van der Waals surface area (Å²) in [7, 11) is -3.95. The number of fused-ring (bicyclic) bond motifs is 1. The Hall–Kier alpha value is -1.67. The van der Waals surface area contributed by atoms with Crippen LogP contribution in [0.3, 0.4) is 0 Å². The fourth-order valence-corrected chi connectivity index (χ4v) is 7.18. The number of rotatable bonds is 7. The first-order valence-corrected chi connectivity index (χ1v) is 13.2. The predicted octanol–water partition coefficient (Wildman–Crippen LogP) is 4.08. The van der Waals surface area contributed by atoms with E-state index in [0.717, 1.165) is 31.7 Å². The maximum Gasteiger partial charge on any atom is 0.241 e. The number of hydrogen-bond acceptors (Lipinski definition) is 4. The van der Waals surface area contributed by atoms with Gasteiger partial charge in [0.05, 0.1) is 16.1 Å². The largest absolute Gasteiger partial charge is 0.380 e. The minimum atomic E-state index is -3.95. The molecule has 31 heavy (non-hydrogen) atoms. The van der Waals surface area contributed by atoms with Crippen molar-refractivity contribution in [3.63, 3.8) is 0 Å². The summed E-state index contributed by atoms with van der Waals surface area (Å²) in [5, 5.41) is 6.11. The number of carbonyl (C=O) groups is 1. The van der Waals surface area contributed by atoms with E-state index in [2.05, 4.69) is 15.4 Å². The minimum Gasteiger partial charge on any atom is -0.380 e. The Balaban J connectivity index is 1.44. The van der Waals surface area contributed by atoms with Crippen LogP contribution in [0.2, 0.25) is 0 Å². The molecule has 0 aromatic heterocycles. The highest BCUT2D eigenvalue weighted by molar-refractivity contribution is 7.89. The Kier molecular flexibility index (Phi) is 6.58. The molecule has 3 fully saturated rings. The van der Waals surface area contributed by atoms with Gasteiger partial charge in [0.15, 0.2) is 0 Å². The number of hydrogen-bond donors (Lipinski definition) is 3. The molecule has 2 saturated carbocycles. The summed E-state index contributed by atoms with van der Waals surface area (Å²) in [4.78, 5) is 11.9. The average molecular weight is 452 g/mol. The summed E-state index contributed by atoms with van der Waals surface area (Å²) in [6.07, 6.45) is 10.6. The average Bonchev–Trinajstić information content (AvgIpc) is 3.04. The molecule has 1 heterocycles. The van der Waals surface area contributed by atoms with Gasteiger partial charge in [0.2, 0.25) is 15.9 Å². The van der Waals surface area contributed by atoms with Crippen LogP contribution in [-0.2, 0) is 14.8 Å². The second kappa shape index (κ2) is 9.06. The zero-order valence-electron chi connectivity index (χ0n) is 18.3. The smallest absolute Gasteiger partial charge is 0.241 e. The van der Waals surface area contributed by atoms with E-state index in [-0.39, 0.29) is 29.3 Å². The van der Waals surface area contributed by atoms with Gasteiger partial charge in [-0.05, 0) is 50.3 Å². The van der Waals surface area contributed by atoms with E-state index in [0.29, 0.717) is 18.0 Å². The molecular weight excluding hydrogens is 417 g/mol. The normalized spacial score (nSPS) is 28.1. The molecular formula is C23H34FN3O3S. The van der Waals surface area contributed by atoms with Gasteiger partial charge < -0.3 is 10.6 Å². The van der Waals surface area contributed by atoms with Crippen molar-refractivity contribution >= 4 is 21.6 Å². The molecule has 172 valence electrons. The summed E-state index contributed by atoms with van der Waals surface area (Å²) in [5.41, 5.74) is -0.482. The van der Waals surface area contributed by atoms with E-state index in [9.17, 15) is 17.6 Å². The van der Waals surface area contributed by atoms with Crippen molar-refractivity contribution in [2.24, 2.45) is 5.92 Å². The Morgan fingerprint density at radius 1 is 1.16 bits per heavy atom. The molecule has 3 atom stereocenters. The number of carbonyl (C=O) groups excluding carboxylic acids is 1. The van der Waals surface area contributed by atoms with Gasteiger partial charge in [-0.25, -0.2) is 17.5 Å². The Bertz CT molecular complexity index is 917. The number of nitrogens with one attached hydrogen (secondary N) is 3. The number of anilines is 1. The molecule has 1 aromatic carbocycles. The lowest BCUT2D eigenvalue weighted by molar-refractivity contribution is -0.119. The van der Waals surface area contributed by atoms with Crippen molar-refractivity contribution in [2.45, 2.75) is 100 Å².